The van der Waals surface area contributed by atoms with Gasteiger partial charge >= 0.3 is 0 Å². The number of nitrogens with one attached hydrogen (secondary N) is 1. The van der Waals surface area contributed by atoms with Crippen LogP contribution in [0.1, 0.15) is 13.3 Å². The summed E-state index contributed by atoms with van der Waals surface area (Å²) in [6.45, 7) is 4.07. The topological polar surface area (TPSA) is 39.1 Å². The van der Waals surface area contributed by atoms with Gasteiger partial charge in [-0.2, -0.15) is 5.26 Å². The highest BCUT2D eigenvalue weighted by Crippen LogP contribution is 2.19. The van der Waals surface area contributed by atoms with Gasteiger partial charge < -0.3 is 10.2 Å². The minimum absolute atomic E-state index is 0.293. The Kier molecular flexibility index (Phi) is 3.43. The van der Waals surface area contributed by atoms with Crippen LogP contribution in [-0.4, -0.2) is 25.2 Å². The summed E-state index contributed by atoms with van der Waals surface area (Å²) in [6.07, 6.45) is 0.579. The lowest BCUT2D eigenvalue weighted by Crippen LogP contribution is -2.55. The molecular weight excluding hydrogens is 198 g/mol. The van der Waals surface area contributed by atoms with Gasteiger partial charge in [0.25, 0.3) is 0 Å². The van der Waals surface area contributed by atoms with Crippen molar-refractivity contribution in [2.24, 2.45) is 0 Å². The van der Waals surface area contributed by atoms with E-state index in [4.69, 9.17) is 5.26 Å². The first-order chi connectivity index (χ1) is 7.81. The SMILES string of the molecule is CC1CNC(CC#N)CN1c1ccccc1. The Bertz CT molecular complexity index is 369. The molecule has 0 aliphatic carbocycles. The molecule has 0 aromatic heterocycles. The van der Waals surface area contributed by atoms with Crippen molar-refractivity contribution in [1.82, 2.24) is 5.32 Å². The van der Waals surface area contributed by atoms with Crippen LogP contribution < -0.4 is 10.2 Å². The molecule has 0 amide bonds. The van der Waals surface area contributed by atoms with Gasteiger partial charge in [-0.25, -0.2) is 0 Å². The predicted octanol–water partition coefficient (Wildman–Crippen LogP) is 1.77. The fourth-order valence-corrected chi connectivity index (χ4v) is 2.16. The van der Waals surface area contributed by atoms with E-state index in [1.54, 1.807) is 0 Å². The van der Waals surface area contributed by atoms with Crippen LogP contribution in [0.4, 0.5) is 5.69 Å². The number of rotatable bonds is 2. The third-order valence-corrected chi connectivity index (χ3v) is 3.08. The van der Waals surface area contributed by atoms with Gasteiger partial charge in [0.2, 0.25) is 0 Å². The van der Waals surface area contributed by atoms with Crippen LogP contribution >= 0.6 is 0 Å². The Balaban J connectivity index is 2.10. The normalized spacial score (nSPS) is 25.1. The van der Waals surface area contributed by atoms with Crippen LogP contribution in [0.25, 0.3) is 0 Å². The summed E-state index contributed by atoms with van der Waals surface area (Å²) in [7, 11) is 0. The summed E-state index contributed by atoms with van der Waals surface area (Å²) >= 11 is 0. The molecule has 84 valence electrons. The highest BCUT2D eigenvalue weighted by atomic mass is 15.2. The van der Waals surface area contributed by atoms with E-state index in [1.165, 1.54) is 5.69 Å². The second-order valence-electron chi connectivity index (χ2n) is 4.30. The second kappa shape index (κ2) is 5.00. The standard InChI is InChI=1S/C13H17N3/c1-11-9-15-12(7-8-14)10-16(11)13-5-3-2-4-6-13/h2-6,11-12,15H,7,9-10H2,1H3. The molecule has 2 rings (SSSR count). The Labute approximate surface area is 96.7 Å². The van der Waals surface area contributed by atoms with E-state index in [1.807, 2.05) is 6.07 Å². The Morgan fingerprint density at radius 1 is 1.44 bits per heavy atom. The molecule has 1 aromatic rings. The highest BCUT2D eigenvalue weighted by Gasteiger charge is 2.24. The Morgan fingerprint density at radius 2 is 2.19 bits per heavy atom. The quantitative estimate of drug-likeness (QED) is 0.817. The first-order valence-corrected chi connectivity index (χ1v) is 5.73. The summed E-state index contributed by atoms with van der Waals surface area (Å²) in [5.74, 6) is 0. The summed E-state index contributed by atoms with van der Waals surface area (Å²) in [6, 6.07) is 13.4. The number of hydrogen-bond acceptors (Lipinski definition) is 3. The number of nitriles is 1. The van der Waals surface area contributed by atoms with Crippen molar-refractivity contribution in [2.45, 2.75) is 25.4 Å². The minimum atomic E-state index is 0.293. The zero-order valence-electron chi connectivity index (χ0n) is 9.56. The van der Waals surface area contributed by atoms with Crippen molar-refractivity contribution >= 4 is 5.69 Å². The zero-order chi connectivity index (χ0) is 11.4. The van der Waals surface area contributed by atoms with E-state index >= 15 is 0 Å². The molecule has 0 saturated carbocycles. The summed E-state index contributed by atoms with van der Waals surface area (Å²) < 4.78 is 0. The molecule has 2 atom stereocenters. The van der Waals surface area contributed by atoms with Crippen molar-refractivity contribution < 1.29 is 0 Å². The maximum atomic E-state index is 8.73. The van der Waals surface area contributed by atoms with E-state index in [0.717, 1.165) is 13.1 Å². The maximum Gasteiger partial charge on any atom is 0.0638 e. The number of nitrogens with zero attached hydrogens (tertiary/aromatic N) is 2. The molecule has 1 N–H and O–H groups in total. The zero-order valence-corrected chi connectivity index (χ0v) is 9.56. The number of benzene rings is 1. The van der Waals surface area contributed by atoms with Crippen LogP contribution in [0.2, 0.25) is 0 Å². The molecule has 2 unspecified atom stereocenters. The van der Waals surface area contributed by atoms with Gasteiger partial charge in [0.15, 0.2) is 0 Å². The molecule has 16 heavy (non-hydrogen) atoms. The van der Waals surface area contributed by atoms with E-state index in [-0.39, 0.29) is 0 Å². The third kappa shape index (κ3) is 2.34. The van der Waals surface area contributed by atoms with Gasteiger partial charge in [0.05, 0.1) is 12.5 Å². The molecule has 1 fully saturated rings. The lowest BCUT2D eigenvalue weighted by Gasteiger charge is -2.39. The largest absolute Gasteiger partial charge is 0.366 e. The number of piperazine rings is 1. The lowest BCUT2D eigenvalue weighted by molar-refractivity contribution is 0.409. The fourth-order valence-electron chi connectivity index (χ4n) is 2.16. The van der Waals surface area contributed by atoms with Crippen molar-refractivity contribution in [3.8, 4) is 6.07 Å². The molecule has 0 radical (unpaired) electrons. The van der Waals surface area contributed by atoms with Crippen LogP contribution in [0.5, 0.6) is 0 Å². The smallest absolute Gasteiger partial charge is 0.0638 e. The Hall–Kier alpha value is -1.53. The average molecular weight is 215 g/mol. The first kappa shape index (κ1) is 11.0. The van der Waals surface area contributed by atoms with Crippen molar-refractivity contribution in [3.05, 3.63) is 30.3 Å². The Morgan fingerprint density at radius 3 is 2.88 bits per heavy atom. The molecular formula is C13H17N3. The van der Waals surface area contributed by atoms with E-state index in [2.05, 4.69) is 47.5 Å². The van der Waals surface area contributed by atoms with Gasteiger partial charge in [0, 0.05) is 30.9 Å². The number of anilines is 1. The molecule has 1 aliphatic heterocycles. The van der Waals surface area contributed by atoms with Crippen LogP contribution in [0.3, 0.4) is 0 Å². The fraction of sp³-hybridized carbons (Fsp3) is 0.462. The molecule has 1 aliphatic rings. The van der Waals surface area contributed by atoms with E-state index in [9.17, 15) is 0 Å². The van der Waals surface area contributed by atoms with Gasteiger partial charge in [-0.3, -0.25) is 0 Å². The predicted molar refractivity (Wildman–Crippen MR) is 65.3 cm³/mol. The average Bonchev–Trinajstić information content (AvgIpc) is 2.33. The number of hydrogen-bond donors (Lipinski definition) is 1. The molecule has 1 heterocycles. The van der Waals surface area contributed by atoms with Gasteiger partial charge in [-0.15, -0.1) is 0 Å². The van der Waals surface area contributed by atoms with Crippen LogP contribution in [0.15, 0.2) is 30.3 Å². The van der Waals surface area contributed by atoms with Crippen molar-refractivity contribution in [1.29, 1.82) is 5.26 Å². The number of para-hydroxylation sites is 1. The van der Waals surface area contributed by atoms with E-state index in [0.29, 0.717) is 18.5 Å². The van der Waals surface area contributed by atoms with Gasteiger partial charge in [-0.05, 0) is 19.1 Å². The van der Waals surface area contributed by atoms with Crippen molar-refractivity contribution in [3.63, 3.8) is 0 Å². The van der Waals surface area contributed by atoms with Crippen LogP contribution in [-0.2, 0) is 0 Å². The highest BCUT2D eigenvalue weighted by molar-refractivity contribution is 5.47. The minimum Gasteiger partial charge on any atom is -0.366 e. The summed E-state index contributed by atoms with van der Waals surface area (Å²) in [5, 5.41) is 12.1. The first-order valence-electron chi connectivity index (χ1n) is 5.73. The van der Waals surface area contributed by atoms with Crippen LogP contribution in [0, 0.1) is 11.3 Å². The monoisotopic (exact) mass is 215 g/mol. The molecule has 1 saturated heterocycles. The molecule has 3 nitrogen and oxygen atoms in total. The van der Waals surface area contributed by atoms with Gasteiger partial charge in [-0.1, -0.05) is 18.2 Å². The molecule has 3 heteroatoms. The summed E-state index contributed by atoms with van der Waals surface area (Å²) in [5.41, 5.74) is 1.25. The second-order valence-corrected chi connectivity index (χ2v) is 4.30. The van der Waals surface area contributed by atoms with Crippen molar-refractivity contribution in [2.75, 3.05) is 18.0 Å². The summed E-state index contributed by atoms with van der Waals surface area (Å²) in [4.78, 5) is 2.37. The van der Waals surface area contributed by atoms with Gasteiger partial charge in [0.1, 0.15) is 0 Å². The molecule has 0 bridgehead atoms. The third-order valence-electron chi connectivity index (χ3n) is 3.08. The maximum absolute atomic E-state index is 8.73. The molecule has 0 spiro atoms. The lowest BCUT2D eigenvalue weighted by atomic mass is 10.1. The van der Waals surface area contributed by atoms with E-state index < -0.39 is 0 Å². The molecule has 1 aromatic carbocycles.